The molecule has 3 aromatic rings. The summed E-state index contributed by atoms with van der Waals surface area (Å²) in [4.78, 5) is 58.9. The number of hydrogen-bond acceptors (Lipinski definition) is 8. The number of thioether (sulfide) groups is 1. The van der Waals surface area contributed by atoms with Gasteiger partial charge in [-0.25, -0.2) is 4.79 Å². The number of ether oxygens (including phenoxy) is 1. The molecule has 272 valence electrons. The molecule has 0 unspecified atom stereocenters. The van der Waals surface area contributed by atoms with Crippen LogP contribution in [0.25, 0.3) is 0 Å². The molecular weight excluding hydrogens is 689 g/mol. The van der Waals surface area contributed by atoms with Crippen LogP contribution >= 0.6 is 11.8 Å². The van der Waals surface area contributed by atoms with E-state index in [1.807, 2.05) is 12.3 Å². The number of imide groups is 1. The van der Waals surface area contributed by atoms with Gasteiger partial charge in [-0.2, -0.15) is 0 Å². The Balaban J connectivity index is 1.43. The Labute approximate surface area is 311 Å². The summed E-state index contributed by atoms with van der Waals surface area (Å²) < 4.78 is 6.79. The molecule has 0 radical (unpaired) electrons. The summed E-state index contributed by atoms with van der Waals surface area (Å²) in [6, 6.07) is 19.6. The molecule has 1 fully saturated rings. The summed E-state index contributed by atoms with van der Waals surface area (Å²) in [5, 5.41) is 5.61. The van der Waals surface area contributed by atoms with Crippen LogP contribution in [0.4, 0.5) is 11.4 Å². The van der Waals surface area contributed by atoms with Crippen LogP contribution in [0, 0.1) is 0 Å². The Morgan fingerprint density at radius 3 is 1.88 bits per heavy atom. The van der Waals surface area contributed by atoms with E-state index in [1.54, 1.807) is 6.07 Å². The maximum atomic E-state index is 14.2. The fraction of sp³-hybridized carbons (Fsp3) is 0.415. The second-order valence-corrected chi connectivity index (χ2v) is 19.1. The molecule has 1 N–H and O–H groups in total. The standard InChI is InChI=1S/C41H48N4O5SSi/c1-6-43(7-2)27-13-15-31-35(23-27)52(21-11-10-12-22-52)36-24-28(44(8-3)9-4)14-16-32(36)41(31)33-25-30(34(51-5)26-29(33)40(49)50-41)39(48)42-19-20-45-37(46)17-18-38(45)47/h13-18,23-26H,6-12,19-22H2,1-5H3,(H,42,48). The predicted octanol–water partition coefficient (Wildman–Crippen LogP) is 5.28. The van der Waals surface area contributed by atoms with Crippen molar-refractivity contribution >= 4 is 65.3 Å². The van der Waals surface area contributed by atoms with Crippen LogP contribution < -0.4 is 25.5 Å². The van der Waals surface area contributed by atoms with E-state index in [1.165, 1.54) is 64.9 Å². The van der Waals surface area contributed by atoms with Gasteiger partial charge in [-0.1, -0.05) is 31.4 Å². The van der Waals surface area contributed by atoms with Crippen LogP contribution in [0.5, 0.6) is 0 Å². The monoisotopic (exact) mass is 736 g/mol. The molecule has 7 rings (SSSR count). The molecule has 52 heavy (non-hydrogen) atoms. The van der Waals surface area contributed by atoms with Crippen LogP contribution in [0.2, 0.25) is 12.1 Å². The molecule has 0 saturated carbocycles. The Bertz CT molecular complexity index is 1900. The zero-order chi connectivity index (χ0) is 36.8. The highest BCUT2D eigenvalue weighted by Gasteiger charge is 2.59. The Morgan fingerprint density at radius 1 is 0.808 bits per heavy atom. The van der Waals surface area contributed by atoms with Gasteiger partial charge in [0.05, 0.1) is 11.1 Å². The van der Waals surface area contributed by atoms with Crippen LogP contribution in [-0.2, 0) is 19.9 Å². The topological polar surface area (TPSA) is 99.3 Å². The second-order valence-electron chi connectivity index (χ2n) is 14.0. The molecule has 4 aliphatic rings. The maximum Gasteiger partial charge on any atom is 0.340 e. The second kappa shape index (κ2) is 14.2. The third-order valence-electron chi connectivity index (χ3n) is 11.7. The van der Waals surface area contributed by atoms with Crippen LogP contribution in [-0.4, -0.2) is 82.2 Å². The lowest BCUT2D eigenvalue weighted by molar-refractivity contribution is -0.136. The quantitative estimate of drug-likeness (QED) is 0.123. The van der Waals surface area contributed by atoms with Crippen molar-refractivity contribution in [1.29, 1.82) is 0 Å². The number of benzene rings is 3. The predicted molar refractivity (Wildman–Crippen MR) is 210 cm³/mol. The number of nitrogens with zero attached hydrogens (tertiary/aromatic N) is 3. The SMILES string of the molecule is CCN(CC)c1ccc2c(c1)[Si]1(CCCCC1)c1cc(N(CC)CC)ccc1C21OC(=O)c2cc(SC)c(C(=O)NCCN3C(=O)C=CC3=O)cc21. The van der Waals surface area contributed by atoms with Crippen molar-refractivity contribution in [2.45, 2.75) is 69.5 Å². The molecular formula is C41H48N4O5SSi. The Kier molecular flexibility index (Phi) is 9.86. The normalized spacial score (nSPS) is 17.6. The minimum absolute atomic E-state index is 0.0681. The van der Waals surface area contributed by atoms with Crippen molar-refractivity contribution in [2.75, 3.05) is 55.3 Å². The summed E-state index contributed by atoms with van der Waals surface area (Å²) in [6.07, 6.45) is 7.93. The average Bonchev–Trinajstić information content (AvgIpc) is 3.65. The van der Waals surface area contributed by atoms with Gasteiger partial charge in [0.1, 0.15) is 8.07 Å². The van der Waals surface area contributed by atoms with Crippen molar-refractivity contribution in [3.63, 3.8) is 0 Å². The minimum Gasteiger partial charge on any atom is -0.441 e. The number of anilines is 2. The molecule has 4 heterocycles. The van der Waals surface area contributed by atoms with E-state index >= 15 is 0 Å². The number of esters is 1. The van der Waals surface area contributed by atoms with E-state index in [0.717, 1.165) is 54.3 Å². The van der Waals surface area contributed by atoms with E-state index in [4.69, 9.17) is 4.74 Å². The van der Waals surface area contributed by atoms with Gasteiger partial charge in [-0.15, -0.1) is 11.8 Å². The van der Waals surface area contributed by atoms with Crippen LogP contribution in [0.3, 0.4) is 0 Å². The van der Waals surface area contributed by atoms with Crippen molar-refractivity contribution in [3.8, 4) is 0 Å². The lowest BCUT2D eigenvalue weighted by atomic mass is 9.78. The molecule has 3 aromatic carbocycles. The third-order valence-corrected chi connectivity index (χ3v) is 17.8. The number of amides is 3. The molecule has 9 nitrogen and oxygen atoms in total. The van der Waals surface area contributed by atoms with Crippen molar-refractivity contribution in [2.24, 2.45) is 0 Å². The molecule has 4 aliphatic heterocycles. The first-order chi connectivity index (χ1) is 25.2. The van der Waals surface area contributed by atoms with E-state index in [9.17, 15) is 19.2 Å². The van der Waals surface area contributed by atoms with E-state index < -0.39 is 19.6 Å². The summed E-state index contributed by atoms with van der Waals surface area (Å²) in [5.74, 6) is -1.51. The lowest BCUT2D eigenvalue weighted by Gasteiger charge is -2.48. The van der Waals surface area contributed by atoms with Crippen LogP contribution in [0.15, 0.2) is 65.6 Å². The molecule has 1 saturated heterocycles. The fourth-order valence-corrected chi connectivity index (χ4v) is 15.4. The number of hydrogen-bond donors (Lipinski definition) is 1. The highest BCUT2D eigenvalue weighted by atomic mass is 32.2. The van der Waals surface area contributed by atoms with Crippen molar-refractivity contribution in [1.82, 2.24) is 10.2 Å². The average molecular weight is 737 g/mol. The van der Waals surface area contributed by atoms with Gasteiger partial charge < -0.3 is 19.9 Å². The fourth-order valence-electron chi connectivity index (χ4n) is 9.09. The van der Waals surface area contributed by atoms with E-state index in [2.05, 4.69) is 79.2 Å². The van der Waals surface area contributed by atoms with Gasteiger partial charge in [0, 0.05) is 84.4 Å². The number of nitrogens with one attached hydrogen (secondary N) is 1. The first-order valence-electron chi connectivity index (χ1n) is 18.7. The maximum absolute atomic E-state index is 14.2. The smallest absolute Gasteiger partial charge is 0.340 e. The summed E-state index contributed by atoms with van der Waals surface area (Å²) in [7, 11) is -2.34. The first-order valence-corrected chi connectivity index (χ1v) is 22.4. The zero-order valence-electron chi connectivity index (χ0n) is 30.8. The van der Waals surface area contributed by atoms with Gasteiger partial charge in [-0.3, -0.25) is 19.3 Å². The van der Waals surface area contributed by atoms with E-state index in [-0.39, 0.29) is 30.8 Å². The third kappa shape index (κ3) is 5.58. The number of fused-ring (bicyclic) bond motifs is 8. The summed E-state index contributed by atoms with van der Waals surface area (Å²) >= 11 is 1.39. The molecule has 0 aliphatic carbocycles. The lowest BCUT2D eigenvalue weighted by Crippen LogP contribution is -2.67. The number of carbonyl (C=O) groups is 4. The molecule has 2 spiro atoms. The molecule has 0 bridgehead atoms. The van der Waals surface area contributed by atoms with Gasteiger partial charge in [-0.05, 0) is 92.8 Å². The zero-order valence-corrected chi connectivity index (χ0v) is 32.7. The summed E-state index contributed by atoms with van der Waals surface area (Å²) in [5.41, 5.74) is 4.78. The molecule has 0 atom stereocenters. The number of carbonyl (C=O) groups excluding carboxylic acids is 4. The van der Waals surface area contributed by atoms with Crippen molar-refractivity contribution in [3.05, 3.63) is 88.5 Å². The molecule has 11 heteroatoms. The Morgan fingerprint density at radius 2 is 1.37 bits per heavy atom. The van der Waals surface area contributed by atoms with Gasteiger partial charge in [0.25, 0.3) is 17.7 Å². The molecule has 0 aromatic heterocycles. The Hall–Kier alpha value is -4.35. The van der Waals surface area contributed by atoms with E-state index in [0.29, 0.717) is 21.6 Å². The van der Waals surface area contributed by atoms with Crippen LogP contribution in [0.1, 0.15) is 84.4 Å². The highest BCUT2D eigenvalue weighted by molar-refractivity contribution is 7.98. The summed E-state index contributed by atoms with van der Waals surface area (Å²) in [6.45, 7) is 12.5. The van der Waals surface area contributed by atoms with Gasteiger partial charge >= 0.3 is 5.97 Å². The van der Waals surface area contributed by atoms with Crippen molar-refractivity contribution < 1.29 is 23.9 Å². The van der Waals surface area contributed by atoms with Gasteiger partial charge in [0.15, 0.2) is 5.60 Å². The number of rotatable bonds is 11. The minimum atomic E-state index is -2.34. The highest BCUT2D eigenvalue weighted by Crippen LogP contribution is 2.52. The first kappa shape index (κ1) is 36.0. The largest absolute Gasteiger partial charge is 0.441 e. The molecule has 3 amide bonds. The van der Waals surface area contributed by atoms with Gasteiger partial charge in [0.2, 0.25) is 0 Å².